The van der Waals surface area contributed by atoms with Crippen LogP contribution in [0.5, 0.6) is 0 Å². The molecule has 0 aromatic heterocycles. The van der Waals surface area contributed by atoms with Gasteiger partial charge in [-0.25, -0.2) is 4.39 Å². The van der Waals surface area contributed by atoms with Crippen molar-refractivity contribution in [2.75, 3.05) is 0 Å². The summed E-state index contributed by atoms with van der Waals surface area (Å²) >= 11 is 0. The molecule has 1 aliphatic carbocycles. The second-order valence-electron chi connectivity index (χ2n) is 8.26. The first-order valence-electron chi connectivity index (χ1n) is 11.3. The average Bonchev–Trinajstić information content (AvgIpc) is 2.76. The van der Waals surface area contributed by atoms with Crippen molar-refractivity contribution in [2.45, 2.75) is 71.6 Å². The Morgan fingerprint density at radius 1 is 0.966 bits per heavy atom. The van der Waals surface area contributed by atoms with E-state index in [4.69, 9.17) is 0 Å². The van der Waals surface area contributed by atoms with Crippen molar-refractivity contribution in [3.8, 4) is 23.0 Å². The second-order valence-corrected chi connectivity index (χ2v) is 8.26. The number of benzene rings is 2. The van der Waals surface area contributed by atoms with Gasteiger partial charge in [-0.2, -0.15) is 0 Å². The van der Waals surface area contributed by atoms with Crippen molar-refractivity contribution in [3.63, 3.8) is 0 Å². The smallest absolute Gasteiger partial charge is 0.131 e. The Kier molecular flexibility index (Phi) is 8.12. The highest BCUT2D eigenvalue weighted by atomic mass is 19.1. The molecule has 2 aromatic carbocycles. The number of aryl methyl sites for hydroxylation is 1. The van der Waals surface area contributed by atoms with Crippen molar-refractivity contribution in [1.29, 1.82) is 0 Å². The molecule has 1 unspecified atom stereocenters. The van der Waals surface area contributed by atoms with Gasteiger partial charge in [0.05, 0.1) is 0 Å². The van der Waals surface area contributed by atoms with Gasteiger partial charge in [0.2, 0.25) is 0 Å². The molecule has 152 valence electrons. The molecule has 2 aromatic rings. The fraction of sp³-hybridized carbons (Fsp3) is 0.429. The lowest BCUT2D eigenvalue weighted by atomic mass is 9.86. The van der Waals surface area contributed by atoms with Crippen LogP contribution in [0.4, 0.5) is 4.39 Å². The number of rotatable bonds is 7. The molecular formula is C28H33F. The third-order valence-corrected chi connectivity index (χ3v) is 5.90. The summed E-state index contributed by atoms with van der Waals surface area (Å²) in [5.74, 6) is 7.35. The predicted molar refractivity (Wildman–Crippen MR) is 122 cm³/mol. The maximum absolute atomic E-state index is 14.5. The van der Waals surface area contributed by atoms with Crippen molar-refractivity contribution >= 4 is 0 Å². The van der Waals surface area contributed by atoms with Gasteiger partial charge >= 0.3 is 0 Å². The van der Waals surface area contributed by atoms with Gasteiger partial charge in [0.25, 0.3) is 0 Å². The predicted octanol–water partition coefficient (Wildman–Crippen LogP) is 8.10. The van der Waals surface area contributed by atoms with E-state index in [0.717, 1.165) is 48.3 Å². The third kappa shape index (κ3) is 6.33. The van der Waals surface area contributed by atoms with Gasteiger partial charge in [0, 0.05) is 11.1 Å². The Balaban J connectivity index is 1.63. The summed E-state index contributed by atoms with van der Waals surface area (Å²) in [4.78, 5) is 0. The minimum absolute atomic E-state index is 0.137. The largest absolute Gasteiger partial charge is 0.206 e. The topological polar surface area (TPSA) is 0 Å². The number of allylic oxidation sites excluding steroid dienone is 2. The quantitative estimate of drug-likeness (QED) is 0.420. The van der Waals surface area contributed by atoms with Crippen LogP contribution in [0.15, 0.2) is 54.1 Å². The molecular weight excluding hydrogens is 355 g/mol. The van der Waals surface area contributed by atoms with Crippen LogP contribution in [-0.4, -0.2) is 0 Å². The molecule has 1 aliphatic rings. The van der Waals surface area contributed by atoms with Crippen LogP contribution in [0.2, 0.25) is 0 Å². The molecule has 0 radical (unpaired) electrons. The van der Waals surface area contributed by atoms with Crippen molar-refractivity contribution < 1.29 is 4.39 Å². The van der Waals surface area contributed by atoms with E-state index >= 15 is 0 Å². The maximum atomic E-state index is 14.5. The number of unbranched alkanes of at least 4 members (excludes halogenated alkanes) is 2. The van der Waals surface area contributed by atoms with Crippen LogP contribution in [0.1, 0.15) is 76.3 Å². The lowest BCUT2D eigenvalue weighted by molar-refractivity contribution is 0.425. The van der Waals surface area contributed by atoms with E-state index in [1.165, 1.54) is 37.7 Å². The summed E-state index contributed by atoms with van der Waals surface area (Å²) in [5, 5.41) is 0. The molecule has 0 spiro atoms. The van der Waals surface area contributed by atoms with Crippen molar-refractivity contribution in [3.05, 3.63) is 71.1 Å². The first kappa shape index (κ1) is 21.4. The molecule has 0 bridgehead atoms. The molecule has 0 aliphatic heterocycles. The van der Waals surface area contributed by atoms with Gasteiger partial charge in [0.1, 0.15) is 5.82 Å². The zero-order valence-corrected chi connectivity index (χ0v) is 17.9. The summed E-state index contributed by atoms with van der Waals surface area (Å²) in [6.07, 6.45) is 13.0. The van der Waals surface area contributed by atoms with E-state index in [1.807, 2.05) is 36.4 Å². The first-order valence-corrected chi connectivity index (χ1v) is 11.3. The highest BCUT2D eigenvalue weighted by Gasteiger charge is 2.12. The van der Waals surface area contributed by atoms with Crippen LogP contribution in [0.25, 0.3) is 11.1 Å². The number of hydrogen-bond acceptors (Lipinski definition) is 0. The molecule has 3 rings (SSSR count). The highest BCUT2D eigenvalue weighted by molar-refractivity contribution is 5.65. The molecule has 0 N–H and O–H groups in total. The van der Waals surface area contributed by atoms with E-state index in [-0.39, 0.29) is 5.82 Å². The molecule has 0 heterocycles. The zero-order chi connectivity index (χ0) is 20.5. The monoisotopic (exact) mass is 388 g/mol. The molecule has 0 saturated heterocycles. The Bertz CT molecular complexity index is 877. The summed E-state index contributed by atoms with van der Waals surface area (Å²) in [6.45, 7) is 4.42. The minimum Gasteiger partial charge on any atom is -0.206 e. The van der Waals surface area contributed by atoms with Gasteiger partial charge in [0.15, 0.2) is 0 Å². The van der Waals surface area contributed by atoms with Gasteiger partial charge in [-0.05, 0) is 72.9 Å². The summed E-state index contributed by atoms with van der Waals surface area (Å²) in [6, 6.07) is 13.6. The Labute approximate surface area is 176 Å². The Morgan fingerprint density at radius 2 is 1.76 bits per heavy atom. The fourth-order valence-corrected chi connectivity index (χ4v) is 3.97. The molecule has 0 nitrogen and oxygen atoms in total. The lowest BCUT2D eigenvalue weighted by Crippen LogP contribution is -2.05. The standard InChI is InChI=1S/C28H33F/c1-3-5-7-22-9-11-23(12-10-22)13-14-24-15-18-26(19-16-24)27-20-17-25(8-6-4-2)21-28(27)29/h11,15-22H,3-10,12H2,1-2H3. The van der Waals surface area contributed by atoms with E-state index in [9.17, 15) is 4.39 Å². The summed E-state index contributed by atoms with van der Waals surface area (Å²) in [7, 11) is 0. The van der Waals surface area contributed by atoms with E-state index < -0.39 is 0 Å². The Morgan fingerprint density at radius 3 is 2.41 bits per heavy atom. The average molecular weight is 389 g/mol. The van der Waals surface area contributed by atoms with Crippen LogP contribution in [0.3, 0.4) is 0 Å². The minimum atomic E-state index is -0.137. The zero-order valence-electron chi connectivity index (χ0n) is 17.9. The van der Waals surface area contributed by atoms with Gasteiger partial charge < -0.3 is 0 Å². The van der Waals surface area contributed by atoms with E-state index in [1.54, 1.807) is 6.07 Å². The Hall–Kier alpha value is -2.33. The molecule has 0 saturated carbocycles. The number of hydrogen-bond donors (Lipinski definition) is 0. The first-order chi connectivity index (χ1) is 14.2. The lowest BCUT2D eigenvalue weighted by Gasteiger charge is -2.19. The van der Waals surface area contributed by atoms with Crippen molar-refractivity contribution in [2.24, 2.45) is 5.92 Å². The van der Waals surface area contributed by atoms with Crippen molar-refractivity contribution in [1.82, 2.24) is 0 Å². The SMILES string of the molecule is CCCCc1ccc(-c2ccc(C#CC3=CCC(CCCC)CC3)cc2)c(F)c1. The highest BCUT2D eigenvalue weighted by Crippen LogP contribution is 2.27. The molecule has 1 atom stereocenters. The van der Waals surface area contributed by atoms with E-state index in [2.05, 4.69) is 31.8 Å². The second kappa shape index (κ2) is 11.0. The third-order valence-electron chi connectivity index (χ3n) is 5.90. The molecule has 0 fully saturated rings. The van der Waals surface area contributed by atoms with Gasteiger partial charge in [-0.3, -0.25) is 0 Å². The molecule has 0 amide bonds. The van der Waals surface area contributed by atoms with E-state index in [0.29, 0.717) is 5.56 Å². The molecule has 29 heavy (non-hydrogen) atoms. The maximum Gasteiger partial charge on any atom is 0.131 e. The fourth-order valence-electron chi connectivity index (χ4n) is 3.97. The van der Waals surface area contributed by atoms with Crippen LogP contribution in [0, 0.1) is 23.6 Å². The van der Waals surface area contributed by atoms with Crippen LogP contribution in [-0.2, 0) is 6.42 Å². The van der Waals surface area contributed by atoms with Gasteiger partial charge in [-0.15, -0.1) is 0 Å². The van der Waals surface area contributed by atoms with Crippen LogP contribution >= 0.6 is 0 Å². The summed E-state index contributed by atoms with van der Waals surface area (Å²) < 4.78 is 14.5. The molecule has 1 heteroatoms. The normalized spacial score (nSPS) is 16.1. The summed E-state index contributed by atoms with van der Waals surface area (Å²) in [5.41, 5.74) is 4.91. The number of halogens is 1. The van der Waals surface area contributed by atoms with Gasteiger partial charge in [-0.1, -0.05) is 81.7 Å². The van der Waals surface area contributed by atoms with Crippen LogP contribution < -0.4 is 0 Å².